The van der Waals surface area contributed by atoms with E-state index in [1.165, 1.54) is 17.0 Å². The summed E-state index contributed by atoms with van der Waals surface area (Å²) in [6, 6.07) is 10.3. The van der Waals surface area contributed by atoms with E-state index >= 15 is 0 Å². The van der Waals surface area contributed by atoms with E-state index in [0.717, 1.165) is 53.6 Å². The number of nitrogens with zero attached hydrogens (tertiary/aromatic N) is 1. The van der Waals surface area contributed by atoms with E-state index in [2.05, 4.69) is 5.32 Å². The standard InChI is InChI=1S/C24H29FN2O2/c1-16-13-17(2)22(18(3)14-16)26-21(28)15-27(4)23(29)24(11-5-6-12-24)19-7-9-20(25)10-8-19/h7-10,13-14H,5-6,11-12,15H2,1-4H3,(H,26,28). The first-order chi connectivity index (χ1) is 13.7. The summed E-state index contributed by atoms with van der Waals surface area (Å²) in [5.74, 6) is -0.608. The van der Waals surface area contributed by atoms with Crippen molar-refractivity contribution in [1.82, 2.24) is 4.90 Å². The molecule has 0 radical (unpaired) electrons. The van der Waals surface area contributed by atoms with Gasteiger partial charge < -0.3 is 10.2 Å². The molecule has 1 aliphatic carbocycles. The topological polar surface area (TPSA) is 49.4 Å². The predicted octanol–water partition coefficient (Wildman–Crippen LogP) is 4.66. The normalized spacial score (nSPS) is 15.2. The fourth-order valence-electron chi connectivity index (χ4n) is 4.58. The second-order valence-corrected chi connectivity index (χ2v) is 8.28. The molecule has 2 amide bonds. The first kappa shape index (κ1) is 21.0. The minimum atomic E-state index is -0.668. The fraction of sp³-hybridized carbons (Fsp3) is 0.417. The third-order valence-electron chi connectivity index (χ3n) is 5.93. The lowest BCUT2D eigenvalue weighted by molar-refractivity contribution is -0.138. The van der Waals surface area contributed by atoms with Crippen molar-refractivity contribution in [3.63, 3.8) is 0 Å². The largest absolute Gasteiger partial charge is 0.336 e. The molecular weight excluding hydrogens is 367 g/mol. The number of nitrogens with one attached hydrogen (secondary N) is 1. The molecule has 154 valence electrons. The van der Waals surface area contributed by atoms with E-state index in [-0.39, 0.29) is 24.2 Å². The molecule has 0 atom stereocenters. The van der Waals surface area contributed by atoms with Gasteiger partial charge in [-0.3, -0.25) is 9.59 Å². The lowest BCUT2D eigenvalue weighted by Crippen LogP contribution is -2.46. The maximum atomic E-state index is 13.4. The molecule has 2 aromatic carbocycles. The maximum Gasteiger partial charge on any atom is 0.243 e. The highest BCUT2D eigenvalue weighted by Crippen LogP contribution is 2.42. The molecule has 0 spiro atoms. The fourth-order valence-corrected chi connectivity index (χ4v) is 4.58. The summed E-state index contributed by atoms with van der Waals surface area (Å²) >= 11 is 0. The number of rotatable bonds is 5. The number of likely N-dealkylation sites (N-methyl/N-ethyl adjacent to an activating group) is 1. The molecule has 1 fully saturated rings. The SMILES string of the molecule is Cc1cc(C)c(NC(=O)CN(C)C(=O)C2(c3ccc(F)cc3)CCCC2)c(C)c1. The van der Waals surface area contributed by atoms with Crippen molar-refractivity contribution in [2.24, 2.45) is 0 Å². The van der Waals surface area contributed by atoms with Gasteiger partial charge in [0, 0.05) is 12.7 Å². The van der Waals surface area contributed by atoms with Gasteiger partial charge in [0.2, 0.25) is 11.8 Å². The van der Waals surface area contributed by atoms with Crippen molar-refractivity contribution in [3.05, 3.63) is 64.5 Å². The number of carbonyl (C=O) groups is 2. The highest BCUT2D eigenvalue weighted by atomic mass is 19.1. The number of hydrogen-bond acceptors (Lipinski definition) is 2. The van der Waals surface area contributed by atoms with Gasteiger partial charge in [0.05, 0.1) is 12.0 Å². The van der Waals surface area contributed by atoms with Crippen LogP contribution in [0.25, 0.3) is 0 Å². The first-order valence-electron chi connectivity index (χ1n) is 10.1. The van der Waals surface area contributed by atoms with Gasteiger partial charge in [0.1, 0.15) is 5.82 Å². The Kier molecular flexibility index (Phi) is 6.06. The van der Waals surface area contributed by atoms with Crippen LogP contribution >= 0.6 is 0 Å². The molecule has 5 heteroatoms. The molecule has 1 saturated carbocycles. The molecule has 0 aromatic heterocycles. The molecule has 29 heavy (non-hydrogen) atoms. The molecule has 0 aliphatic heterocycles. The van der Waals surface area contributed by atoms with Gasteiger partial charge in [-0.2, -0.15) is 0 Å². The third-order valence-corrected chi connectivity index (χ3v) is 5.93. The Morgan fingerprint density at radius 3 is 2.14 bits per heavy atom. The van der Waals surface area contributed by atoms with Crippen molar-refractivity contribution in [2.75, 3.05) is 18.9 Å². The van der Waals surface area contributed by atoms with Crippen LogP contribution in [0, 0.1) is 26.6 Å². The lowest BCUT2D eigenvalue weighted by atomic mass is 9.77. The molecule has 0 heterocycles. The van der Waals surface area contributed by atoms with Gasteiger partial charge in [0.15, 0.2) is 0 Å². The maximum absolute atomic E-state index is 13.4. The van der Waals surface area contributed by atoms with Crippen LogP contribution in [-0.2, 0) is 15.0 Å². The molecule has 1 aliphatic rings. The van der Waals surface area contributed by atoms with E-state index in [4.69, 9.17) is 0 Å². The lowest BCUT2D eigenvalue weighted by Gasteiger charge is -2.32. The second-order valence-electron chi connectivity index (χ2n) is 8.28. The zero-order valence-electron chi connectivity index (χ0n) is 17.6. The van der Waals surface area contributed by atoms with Crippen molar-refractivity contribution in [3.8, 4) is 0 Å². The van der Waals surface area contributed by atoms with Gasteiger partial charge in [-0.05, 0) is 62.4 Å². The Morgan fingerprint density at radius 1 is 1.03 bits per heavy atom. The molecule has 0 unspecified atom stereocenters. The van der Waals surface area contributed by atoms with E-state index < -0.39 is 5.41 Å². The number of anilines is 1. The monoisotopic (exact) mass is 396 g/mol. The summed E-state index contributed by atoms with van der Waals surface area (Å²) in [5.41, 5.74) is 4.12. The zero-order valence-corrected chi connectivity index (χ0v) is 17.6. The minimum Gasteiger partial charge on any atom is -0.336 e. The number of carbonyl (C=O) groups excluding carboxylic acids is 2. The van der Waals surface area contributed by atoms with Gasteiger partial charge in [-0.15, -0.1) is 0 Å². The van der Waals surface area contributed by atoms with Crippen molar-refractivity contribution >= 4 is 17.5 Å². The average molecular weight is 397 g/mol. The van der Waals surface area contributed by atoms with Crippen LogP contribution in [0.15, 0.2) is 36.4 Å². The summed E-state index contributed by atoms with van der Waals surface area (Å²) in [6.07, 6.45) is 3.34. The molecule has 0 saturated heterocycles. The first-order valence-corrected chi connectivity index (χ1v) is 10.1. The van der Waals surface area contributed by atoms with Gasteiger partial charge in [0.25, 0.3) is 0 Å². The highest BCUT2D eigenvalue weighted by Gasteiger charge is 2.44. The number of halogens is 1. The Labute approximate surface area is 172 Å². The van der Waals surface area contributed by atoms with Crippen LogP contribution in [0.2, 0.25) is 0 Å². The molecule has 1 N–H and O–H groups in total. The molecular formula is C24H29FN2O2. The Balaban J connectivity index is 1.75. The smallest absolute Gasteiger partial charge is 0.243 e. The summed E-state index contributed by atoms with van der Waals surface area (Å²) in [4.78, 5) is 27.5. The molecule has 0 bridgehead atoms. The minimum absolute atomic E-state index is 0.0193. The second kappa shape index (κ2) is 8.36. The summed E-state index contributed by atoms with van der Waals surface area (Å²) in [5, 5.41) is 2.96. The van der Waals surface area contributed by atoms with Crippen molar-refractivity contribution in [1.29, 1.82) is 0 Å². The molecule has 2 aromatic rings. The van der Waals surface area contributed by atoms with Crippen LogP contribution in [0.3, 0.4) is 0 Å². The van der Waals surface area contributed by atoms with Crippen LogP contribution in [0.4, 0.5) is 10.1 Å². The molecule has 3 rings (SSSR count). The van der Waals surface area contributed by atoms with Gasteiger partial charge >= 0.3 is 0 Å². The predicted molar refractivity (Wildman–Crippen MR) is 113 cm³/mol. The van der Waals surface area contributed by atoms with Gasteiger partial charge in [-0.1, -0.05) is 42.7 Å². The zero-order chi connectivity index (χ0) is 21.2. The quantitative estimate of drug-likeness (QED) is 0.799. The number of amides is 2. The van der Waals surface area contributed by atoms with Crippen LogP contribution in [0.5, 0.6) is 0 Å². The van der Waals surface area contributed by atoms with Crippen LogP contribution in [0.1, 0.15) is 47.9 Å². The Hall–Kier alpha value is -2.69. The van der Waals surface area contributed by atoms with E-state index in [9.17, 15) is 14.0 Å². The third kappa shape index (κ3) is 4.34. The highest BCUT2D eigenvalue weighted by molar-refractivity contribution is 5.97. The molecule has 4 nitrogen and oxygen atoms in total. The Morgan fingerprint density at radius 2 is 1.59 bits per heavy atom. The number of aryl methyl sites for hydroxylation is 3. The summed E-state index contributed by atoms with van der Waals surface area (Å²) in [7, 11) is 1.67. The van der Waals surface area contributed by atoms with Crippen molar-refractivity contribution in [2.45, 2.75) is 51.9 Å². The van der Waals surface area contributed by atoms with E-state index in [1.807, 2.05) is 32.9 Å². The van der Waals surface area contributed by atoms with E-state index in [0.29, 0.717) is 0 Å². The summed E-state index contributed by atoms with van der Waals surface area (Å²) in [6.45, 7) is 5.93. The number of benzene rings is 2. The number of hydrogen-bond donors (Lipinski definition) is 1. The van der Waals surface area contributed by atoms with Gasteiger partial charge in [-0.25, -0.2) is 4.39 Å². The van der Waals surface area contributed by atoms with Crippen LogP contribution in [-0.4, -0.2) is 30.3 Å². The van der Waals surface area contributed by atoms with Crippen molar-refractivity contribution < 1.29 is 14.0 Å². The van der Waals surface area contributed by atoms with E-state index in [1.54, 1.807) is 19.2 Å². The summed E-state index contributed by atoms with van der Waals surface area (Å²) < 4.78 is 13.4. The average Bonchev–Trinajstić information content (AvgIpc) is 3.15. The Bertz CT molecular complexity index is 892. The van der Waals surface area contributed by atoms with Crippen LogP contribution < -0.4 is 5.32 Å².